The molecule has 1 unspecified atom stereocenters. The second-order valence-electron chi connectivity index (χ2n) is 7.79. The first-order valence-electron chi connectivity index (χ1n) is 10.1. The van der Waals surface area contributed by atoms with E-state index in [-0.39, 0.29) is 11.9 Å². The minimum atomic E-state index is -0.249. The molecule has 5 heteroatoms. The lowest BCUT2D eigenvalue weighted by atomic mass is 9.95. The number of piperazine rings is 1. The third-order valence-electron chi connectivity index (χ3n) is 5.39. The van der Waals surface area contributed by atoms with Gasteiger partial charge < -0.3 is 19.7 Å². The summed E-state index contributed by atoms with van der Waals surface area (Å²) in [5.74, 6) is 1.64. The molecule has 2 heterocycles. The van der Waals surface area contributed by atoms with Crippen molar-refractivity contribution in [3.05, 3.63) is 53.6 Å². The lowest BCUT2D eigenvalue weighted by molar-refractivity contribution is 0.0850. The zero-order chi connectivity index (χ0) is 19.7. The topological polar surface area (TPSA) is 50.8 Å². The minimum Gasteiger partial charge on any atom is -0.494 e. The SMILES string of the molecule is CCOc1ccc(C2CC(=O)c3cc(N4C[C@@H](C)N[C@@H](C)C4)ccc3O2)cc1. The number of hydrogen-bond donors (Lipinski definition) is 1. The quantitative estimate of drug-likeness (QED) is 0.870. The lowest BCUT2D eigenvalue weighted by Crippen LogP contribution is -2.54. The summed E-state index contributed by atoms with van der Waals surface area (Å²) in [5.41, 5.74) is 2.78. The molecule has 0 radical (unpaired) electrons. The molecule has 0 aromatic heterocycles. The van der Waals surface area contributed by atoms with Gasteiger partial charge in [0, 0.05) is 30.9 Å². The van der Waals surface area contributed by atoms with Gasteiger partial charge in [-0.3, -0.25) is 4.79 Å². The molecule has 1 saturated heterocycles. The van der Waals surface area contributed by atoms with Crippen LogP contribution >= 0.6 is 0 Å². The van der Waals surface area contributed by atoms with Crippen molar-refractivity contribution in [2.24, 2.45) is 0 Å². The van der Waals surface area contributed by atoms with Crippen molar-refractivity contribution in [3.8, 4) is 11.5 Å². The second kappa shape index (κ2) is 7.84. The molecular formula is C23H28N2O3. The Morgan fingerprint density at radius 1 is 1.11 bits per heavy atom. The molecule has 1 fully saturated rings. The van der Waals surface area contributed by atoms with Gasteiger partial charge in [0.05, 0.1) is 18.6 Å². The van der Waals surface area contributed by atoms with E-state index in [2.05, 4.69) is 30.1 Å². The normalized spacial score (nSPS) is 24.5. The number of carbonyl (C=O) groups is 1. The van der Waals surface area contributed by atoms with Crippen LogP contribution in [0.3, 0.4) is 0 Å². The molecule has 2 aliphatic heterocycles. The number of carbonyl (C=O) groups excluding carboxylic acids is 1. The van der Waals surface area contributed by atoms with Crippen LogP contribution in [0.4, 0.5) is 5.69 Å². The Hall–Kier alpha value is -2.53. The van der Waals surface area contributed by atoms with Gasteiger partial charge in [-0.15, -0.1) is 0 Å². The Morgan fingerprint density at radius 3 is 2.50 bits per heavy atom. The van der Waals surface area contributed by atoms with Crippen LogP contribution in [0, 0.1) is 0 Å². The van der Waals surface area contributed by atoms with Crippen LogP contribution in [-0.2, 0) is 0 Å². The minimum absolute atomic E-state index is 0.137. The standard InChI is InChI=1S/C23H28N2O3/c1-4-27-19-8-5-17(6-9-19)23-12-21(26)20-11-18(7-10-22(20)28-23)25-13-15(2)24-16(3)14-25/h5-11,15-16,23-24H,4,12-14H2,1-3H3/t15-,16+,23?. The van der Waals surface area contributed by atoms with Crippen LogP contribution < -0.4 is 19.7 Å². The third kappa shape index (κ3) is 3.85. The van der Waals surface area contributed by atoms with E-state index in [1.165, 1.54) is 0 Å². The summed E-state index contributed by atoms with van der Waals surface area (Å²) in [4.78, 5) is 15.2. The summed E-state index contributed by atoms with van der Waals surface area (Å²) >= 11 is 0. The fraction of sp³-hybridized carbons (Fsp3) is 0.435. The summed E-state index contributed by atoms with van der Waals surface area (Å²) in [6.07, 6.45) is 0.111. The first kappa shape index (κ1) is 18.8. The molecule has 0 spiro atoms. The zero-order valence-corrected chi connectivity index (χ0v) is 16.8. The first-order chi connectivity index (χ1) is 13.5. The highest BCUT2D eigenvalue weighted by Crippen LogP contribution is 2.37. The van der Waals surface area contributed by atoms with Crippen LogP contribution in [0.2, 0.25) is 0 Å². The molecule has 2 aliphatic rings. The molecular weight excluding hydrogens is 352 g/mol. The zero-order valence-electron chi connectivity index (χ0n) is 16.8. The van der Waals surface area contributed by atoms with E-state index >= 15 is 0 Å². The average molecular weight is 380 g/mol. The van der Waals surface area contributed by atoms with Crippen LogP contribution in [0.15, 0.2) is 42.5 Å². The van der Waals surface area contributed by atoms with Crippen molar-refractivity contribution in [1.82, 2.24) is 5.32 Å². The van der Waals surface area contributed by atoms with Crippen molar-refractivity contribution in [1.29, 1.82) is 0 Å². The Bertz CT molecular complexity index is 839. The molecule has 148 valence electrons. The lowest BCUT2D eigenvalue weighted by Gasteiger charge is -2.38. The molecule has 2 aromatic carbocycles. The van der Waals surface area contributed by atoms with E-state index in [9.17, 15) is 4.79 Å². The van der Waals surface area contributed by atoms with Gasteiger partial charge in [0.25, 0.3) is 0 Å². The molecule has 28 heavy (non-hydrogen) atoms. The largest absolute Gasteiger partial charge is 0.494 e. The molecule has 3 atom stereocenters. The number of ether oxygens (including phenoxy) is 2. The highest BCUT2D eigenvalue weighted by molar-refractivity contribution is 6.01. The van der Waals surface area contributed by atoms with Gasteiger partial charge in [0.1, 0.15) is 17.6 Å². The molecule has 0 amide bonds. The van der Waals surface area contributed by atoms with Gasteiger partial charge in [0.2, 0.25) is 0 Å². The van der Waals surface area contributed by atoms with E-state index in [0.717, 1.165) is 30.1 Å². The van der Waals surface area contributed by atoms with Gasteiger partial charge in [-0.25, -0.2) is 0 Å². The van der Waals surface area contributed by atoms with Crippen LogP contribution in [-0.4, -0.2) is 37.6 Å². The fourth-order valence-electron chi connectivity index (χ4n) is 4.18. The summed E-state index contributed by atoms with van der Waals surface area (Å²) in [7, 11) is 0. The molecule has 5 nitrogen and oxygen atoms in total. The predicted octanol–water partition coefficient (Wildman–Crippen LogP) is 3.98. The van der Waals surface area contributed by atoms with E-state index < -0.39 is 0 Å². The van der Waals surface area contributed by atoms with Crippen molar-refractivity contribution in [3.63, 3.8) is 0 Å². The molecule has 4 rings (SSSR count). The van der Waals surface area contributed by atoms with E-state index in [1.807, 2.05) is 43.3 Å². The van der Waals surface area contributed by atoms with E-state index in [0.29, 0.717) is 36.4 Å². The summed E-state index contributed by atoms with van der Waals surface area (Å²) in [6.45, 7) is 8.86. The van der Waals surface area contributed by atoms with Gasteiger partial charge in [-0.2, -0.15) is 0 Å². The Kier molecular flexibility index (Phi) is 5.27. The Balaban J connectivity index is 1.53. The highest BCUT2D eigenvalue weighted by Gasteiger charge is 2.29. The van der Waals surface area contributed by atoms with Crippen LogP contribution in [0.25, 0.3) is 0 Å². The fourth-order valence-corrected chi connectivity index (χ4v) is 4.18. The maximum atomic E-state index is 12.9. The van der Waals surface area contributed by atoms with Crippen molar-refractivity contribution in [2.45, 2.75) is 45.4 Å². The average Bonchev–Trinajstić information content (AvgIpc) is 2.68. The van der Waals surface area contributed by atoms with Crippen LogP contribution in [0.5, 0.6) is 11.5 Å². The number of nitrogens with one attached hydrogen (secondary N) is 1. The Labute approximate surface area is 166 Å². The number of hydrogen-bond acceptors (Lipinski definition) is 5. The molecule has 0 bridgehead atoms. The first-order valence-corrected chi connectivity index (χ1v) is 10.1. The van der Waals surface area contributed by atoms with Gasteiger partial charge in [-0.05, 0) is 56.7 Å². The maximum Gasteiger partial charge on any atom is 0.170 e. The summed E-state index contributed by atoms with van der Waals surface area (Å²) in [5, 5.41) is 3.54. The number of rotatable bonds is 4. The van der Waals surface area contributed by atoms with Gasteiger partial charge >= 0.3 is 0 Å². The van der Waals surface area contributed by atoms with Crippen LogP contribution in [0.1, 0.15) is 49.2 Å². The maximum absolute atomic E-state index is 12.9. The molecule has 0 saturated carbocycles. The van der Waals surface area contributed by atoms with E-state index in [1.54, 1.807) is 0 Å². The van der Waals surface area contributed by atoms with Gasteiger partial charge in [-0.1, -0.05) is 12.1 Å². The molecule has 1 N–H and O–H groups in total. The van der Waals surface area contributed by atoms with Gasteiger partial charge in [0.15, 0.2) is 5.78 Å². The highest BCUT2D eigenvalue weighted by atomic mass is 16.5. The van der Waals surface area contributed by atoms with Crippen molar-refractivity contribution < 1.29 is 14.3 Å². The molecule has 0 aliphatic carbocycles. The number of ketones is 1. The number of Topliss-reactive ketones (excluding diaryl/α,β-unsaturated/α-hetero) is 1. The summed E-state index contributed by atoms with van der Waals surface area (Å²) < 4.78 is 11.7. The van der Waals surface area contributed by atoms with Crippen molar-refractivity contribution in [2.75, 3.05) is 24.6 Å². The van der Waals surface area contributed by atoms with Crippen molar-refractivity contribution >= 4 is 11.5 Å². The number of benzene rings is 2. The number of anilines is 1. The number of nitrogens with zero attached hydrogens (tertiary/aromatic N) is 1. The third-order valence-corrected chi connectivity index (χ3v) is 5.39. The smallest absolute Gasteiger partial charge is 0.170 e. The Morgan fingerprint density at radius 2 is 1.82 bits per heavy atom. The monoisotopic (exact) mass is 380 g/mol. The number of fused-ring (bicyclic) bond motifs is 1. The van der Waals surface area contributed by atoms with E-state index in [4.69, 9.17) is 9.47 Å². The second-order valence-corrected chi connectivity index (χ2v) is 7.79. The molecule has 2 aromatic rings. The predicted molar refractivity (Wildman–Crippen MR) is 111 cm³/mol. The summed E-state index contributed by atoms with van der Waals surface area (Å²) in [6, 6.07) is 14.7.